The van der Waals surface area contributed by atoms with Crippen molar-refractivity contribution in [1.82, 2.24) is 9.29 Å². The van der Waals surface area contributed by atoms with Crippen LogP contribution in [0.15, 0.2) is 47.4 Å². The smallest absolute Gasteiger partial charge is 0.243 e. The zero-order valence-corrected chi connectivity index (χ0v) is 15.7. The number of hydrogen-bond acceptors (Lipinski definition) is 5. The Balaban J connectivity index is 1.62. The van der Waals surface area contributed by atoms with E-state index in [4.69, 9.17) is 5.26 Å². The molecule has 1 saturated heterocycles. The number of hydrogen-bond donors (Lipinski definition) is 1. The fraction of sp³-hybridized carbons (Fsp3) is 0.316. The molecule has 0 saturated carbocycles. The number of anilines is 1. The average Bonchev–Trinajstić information content (AvgIpc) is 2.68. The van der Waals surface area contributed by atoms with Crippen molar-refractivity contribution in [3.05, 3.63) is 53.7 Å². The Kier molecular flexibility index (Phi) is 5.54. The molecule has 1 aliphatic rings. The number of nitrogens with one attached hydrogen (secondary N) is 1. The third-order valence-corrected chi connectivity index (χ3v) is 6.50. The zero-order valence-electron chi connectivity index (χ0n) is 14.9. The highest BCUT2D eigenvalue weighted by molar-refractivity contribution is 7.89. The van der Waals surface area contributed by atoms with Crippen LogP contribution in [0.1, 0.15) is 24.1 Å². The number of carbonyl (C=O) groups excluding carboxylic acids is 1. The number of piperidine rings is 1. The molecule has 0 unspecified atom stereocenters. The lowest BCUT2D eigenvalue weighted by molar-refractivity contribution is -0.120. The lowest BCUT2D eigenvalue weighted by Crippen LogP contribution is -2.41. The van der Waals surface area contributed by atoms with Crippen molar-refractivity contribution < 1.29 is 13.2 Å². The molecule has 0 atom stereocenters. The molecule has 8 heteroatoms. The summed E-state index contributed by atoms with van der Waals surface area (Å²) in [6.07, 6.45) is 0.903. The van der Waals surface area contributed by atoms with Gasteiger partial charge in [-0.3, -0.25) is 4.79 Å². The molecule has 1 aromatic carbocycles. The van der Waals surface area contributed by atoms with Gasteiger partial charge in [-0.2, -0.15) is 9.57 Å². The number of pyridine rings is 1. The van der Waals surface area contributed by atoms with Crippen molar-refractivity contribution in [2.24, 2.45) is 5.92 Å². The molecule has 0 radical (unpaired) electrons. The molecule has 0 aliphatic carbocycles. The van der Waals surface area contributed by atoms with Crippen LogP contribution in [0.3, 0.4) is 0 Å². The molecule has 1 N–H and O–H groups in total. The van der Waals surface area contributed by atoms with Crippen LogP contribution in [0.2, 0.25) is 0 Å². The van der Waals surface area contributed by atoms with Gasteiger partial charge in [-0.05, 0) is 56.2 Å². The van der Waals surface area contributed by atoms with Crippen molar-refractivity contribution in [3.8, 4) is 6.07 Å². The van der Waals surface area contributed by atoms with Gasteiger partial charge in [0.05, 0.1) is 16.5 Å². The molecule has 3 rings (SSSR count). The van der Waals surface area contributed by atoms with E-state index in [1.165, 1.54) is 28.6 Å². The van der Waals surface area contributed by atoms with Crippen LogP contribution in [0.4, 0.5) is 5.82 Å². The largest absolute Gasteiger partial charge is 0.310 e. The monoisotopic (exact) mass is 384 g/mol. The van der Waals surface area contributed by atoms with E-state index in [0.29, 0.717) is 24.2 Å². The van der Waals surface area contributed by atoms with Crippen molar-refractivity contribution in [2.75, 3.05) is 18.4 Å². The summed E-state index contributed by atoms with van der Waals surface area (Å²) in [5.74, 6) is 0.121. The van der Waals surface area contributed by atoms with E-state index >= 15 is 0 Å². The summed E-state index contributed by atoms with van der Waals surface area (Å²) >= 11 is 0. The van der Waals surface area contributed by atoms with Gasteiger partial charge in [0.1, 0.15) is 5.82 Å². The van der Waals surface area contributed by atoms with Crippen LogP contribution in [-0.2, 0) is 14.8 Å². The van der Waals surface area contributed by atoms with E-state index in [1.807, 2.05) is 25.1 Å². The number of benzene rings is 1. The molecule has 1 aliphatic heterocycles. The zero-order chi connectivity index (χ0) is 19.4. The van der Waals surface area contributed by atoms with Crippen molar-refractivity contribution in [3.63, 3.8) is 0 Å². The molecule has 2 aromatic rings. The quantitative estimate of drug-likeness (QED) is 0.871. The summed E-state index contributed by atoms with van der Waals surface area (Å²) in [5, 5.41) is 11.6. The summed E-state index contributed by atoms with van der Waals surface area (Å²) in [6, 6.07) is 13.2. The first-order valence-corrected chi connectivity index (χ1v) is 10.1. The van der Waals surface area contributed by atoms with E-state index in [1.54, 1.807) is 6.07 Å². The second-order valence-electron chi connectivity index (χ2n) is 6.47. The van der Waals surface area contributed by atoms with E-state index in [2.05, 4.69) is 10.3 Å². The van der Waals surface area contributed by atoms with Crippen LogP contribution in [0, 0.1) is 24.2 Å². The molecule has 1 aromatic heterocycles. The molecule has 1 fully saturated rings. The van der Waals surface area contributed by atoms with Crippen LogP contribution in [-0.4, -0.2) is 36.7 Å². The number of rotatable bonds is 4. The Morgan fingerprint density at radius 1 is 1.19 bits per heavy atom. The van der Waals surface area contributed by atoms with E-state index in [0.717, 1.165) is 5.69 Å². The second kappa shape index (κ2) is 7.86. The predicted molar refractivity (Wildman–Crippen MR) is 100 cm³/mol. The first-order chi connectivity index (χ1) is 12.9. The normalized spacial score (nSPS) is 15.9. The summed E-state index contributed by atoms with van der Waals surface area (Å²) in [6.45, 7) is 2.41. The van der Waals surface area contributed by atoms with Gasteiger partial charge in [-0.25, -0.2) is 13.4 Å². The third-order valence-electron chi connectivity index (χ3n) is 4.59. The Bertz CT molecular complexity index is 973. The first-order valence-electron chi connectivity index (χ1n) is 8.65. The van der Waals surface area contributed by atoms with E-state index in [-0.39, 0.29) is 29.8 Å². The maximum atomic E-state index is 12.7. The summed E-state index contributed by atoms with van der Waals surface area (Å²) < 4.78 is 26.8. The fourth-order valence-corrected chi connectivity index (χ4v) is 4.52. The number of nitriles is 1. The highest BCUT2D eigenvalue weighted by atomic mass is 32.2. The van der Waals surface area contributed by atoms with Crippen molar-refractivity contribution in [1.29, 1.82) is 5.26 Å². The lowest BCUT2D eigenvalue weighted by atomic mass is 9.97. The first kappa shape index (κ1) is 19.0. The molecule has 0 bridgehead atoms. The van der Waals surface area contributed by atoms with E-state index in [9.17, 15) is 13.2 Å². The van der Waals surface area contributed by atoms with Crippen molar-refractivity contribution >= 4 is 21.7 Å². The molecular weight excluding hydrogens is 364 g/mol. The Labute approximate surface area is 158 Å². The SMILES string of the molecule is Cc1cccc(NC(=O)C2CCN(S(=O)(=O)c3ccc(C#N)cc3)CC2)n1. The fourth-order valence-electron chi connectivity index (χ4n) is 3.05. The van der Waals surface area contributed by atoms with Gasteiger partial charge in [0.2, 0.25) is 15.9 Å². The van der Waals surface area contributed by atoms with Gasteiger partial charge in [-0.1, -0.05) is 6.07 Å². The molecule has 140 valence electrons. The van der Waals surface area contributed by atoms with Gasteiger partial charge in [0.25, 0.3) is 0 Å². The minimum atomic E-state index is -3.62. The maximum Gasteiger partial charge on any atom is 0.243 e. The third kappa shape index (κ3) is 4.32. The number of carbonyl (C=O) groups is 1. The molecular formula is C19H20N4O3S. The topological polar surface area (TPSA) is 103 Å². The summed E-state index contributed by atoms with van der Waals surface area (Å²) in [4.78, 5) is 16.8. The number of nitrogens with zero attached hydrogens (tertiary/aromatic N) is 3. The highest BCUT2D eigenvalue weighted by Gasteiger charge is 2.32. The van der Waals surface area contributed by atoms with Gasteiger partial charge >= 0.3 is 0 Å². The Morgan fingerprint density at radius 2 is 1.85 bits per heavy atom. The minimum absolute atomic E-state index is 0.136. The number of sulfonamides is 1. The minimum Gasteiger partial charge on any atom is -0.310 e. The molecule has 7 nitrogen and oxygen atoms in total. The van der Waals surface area contributed by atoms with Crippen LogP contribution >= 0.6 is 0 Å². The van der Waals surface area contributed by atoms with Crippen molar-refractivity contribution in [2.45, 2.75) is 24.7 Å². The van der Waals surface area contributed by atoms with Gasteiger partial charge < -0.3 is 5.32 Å². The summed E-state index contributed by atoms with van der Waals surface area (Å²) in [5.41, 5.74) is 1.23. The number of aromatic nitrogens is 1. The van der Waals surface area contributed by atoms with Crippen LogP contribution in [0.25, 0.3) is 0 Å². The second-order valence-corrected chi connectivity index (χ2v) is 8.41. The van der Waals surface area contributed by atoms with E-state index < -0.39 is 10.0 Å². The maximum absolute atomic E-state index is 12.7. The Hall–Kier alpha value is -2.76. The van der Waals surface area contributed by atoms with Crippen LogP contribution < -0.4 is 5.32 Å². The molecule has 0 spiro atoms. The molecule has 1 amide bonds. The highest BCUT2D eigenvalue weighted by Crippen LogP contribution is 2.25. The summed E-state index contributed by atoms with van der Waals surface area (Å²) in [7, 11) is -3.62. The standard InChI is InChI=1S/C19H20N4O3S/c1-14-3-2-4-18(21-14)22-19(24)16-9-11-23(12-10-16)27(25,26)17-7-5-15(13-20)6-8-17/h2-8,16H,9-12H2,1H3,(H,21,22,24). The van der Waals surface area contributed by atoms with Gasteiger partial charge in [-0.15, -0.1) is 0 Å². The number of amides is 1. The van der Waals surface area contributed by atoms with Crippen LogP contribution in [0.5, 0.6) is 0 Å². The number of aryl methyl sites for hydroxylation is 1. The van der Waals surface area contributed by atoms with Gasteiger partial charge in [0.15, 0.2) is 0 Å². The Morgan fingerprint density at radius 3 is 2.44 bits per heavy atom. The molecule has 2 heterocycles. The predicted octanol–water partition coefficient (Wildman–Crippen LogP) is 2.30. The molecule has 27 heavy (non-hydrogen) atoms. The lowest BCUT2D eigenvalue weighted by Gasteiger charge is -2.30. The average molecular weight is 384 g/mol. The van der Waals surface area contributed by atoms with Gasteiger partial charge in [0, 0.05) is 24.7 Å².